The predicted molar refractivity (Wildman–Crippen MR) is 46.5 cm³/mol. The molecule has 1 aromatic rings. The minimum Gasteiger partial charge on any atom is -0.393 e. The van der Waals surface area contributed by atoms with Crippen LogP contribution in [-0.2, 0) is 6.42 Å². The first-order valence-electron chi connectivity index (χ1n) is 4.00. The smallest absolute Gasteiger partial charge is 0.140 e. The van der Waals surface area contributed by atoms with Crippen molar-refractivity contribution in [1.82, 2.24) is 0 Å². The minimum atomic E-state index is -0.517. The molecule has 0 heterocycles. The summed E-state index contributed by atoms with van der Waals surface area (Å²) in [7, 11) is 0. The van der Waals surface area contributed by atoms with Gasteiger partial charge in [0.15, 0.2) is 0 Å². The Morgan fingerprint density at radius 2 is 2.31 bits per heavy atom. The molecule has 0 unspecified atom stereocenters. The molecule has 0 aliphatic heterocycles. The lowest BCUT2D eigenvalue weighted by Gasteiger charge is -2.04. The molecule has 1 atom stereocenters. The Kier molecular flexibility index (Phi) is 2.99. The molecule has 0 amide bonds. The van der Waals surface area contributed by atoms with Crippen LogP contribution in [0.5, 0.6) is 0 Å². The van der Waals surface area contributed by atoms with Crippen molar-refractivity contribution in [1.29, 1.82) is 5.26 Å². The second-order valence-corrected chi connectivity index (χ2v) is 2.98. The average Bonchev–Trinajstić information content (AvgIpc) is 2.07. The molecule has 68 valence electrons. The van der Waals surface area contributed by atoms with Crippen molar-refractivity contribution in [3.05, 3.63) is 35.1 Å². The van der Waals surface area contributed by atoms with Gasteiger partial charge in [-0.2, -0.15) is 5.26 Å². The monoisotopic (exact) mass is 179 g/mol. The second kappa shape index (κ2) is 4.01. The summed E-state index contributed by atoms with van der Waals surface area (Å²) in [6.45, 7) is 1.65. The van der Waals surface area contributed by atoms with Gasteiger partial charge < -0.3 is 5.11 Å². The van der Waals surface area contributed by atoms with E-state index in [0.29, 0.717) is 6.42 Å². The number of halogens is 1. The minimum absolute atomic E-state index is 0.0261. The normalized spacial score (nSPS) is 12.2. The first kappa shape index (κ1) is 9.69. The molecule has 3 heteroatoms. The van der Waals surface area contributed by atoms with Gasteiger partial charge in [0, 0.05) is 0 Å². The Bertz CT molecular complexity index is 341. The maximum atomic E-state index is 12.8. The molecule has 0 aliphatic carbocycles. The van der Waals surface area contributed by atoms with Gasteiger partial charge in [-0.3, -0.25) is 0 Å². The molecule has 1 aromatic carbocycles. The Labute approximate surface area is 76.2 Å². The van der Waals surface area contributed by atoms with Gasteiger partial charge in [0.25, 0.3) is 0 Å². The van der Waals surface area contributed by atoms with E-state index in [-0.39, 0.29) is 5.56 Å². The van der Waals surface area contributed by atoms with Gasteiger partial charge in [0.1, 0.15) is 11.9 Å². The molecule has 0 saturated heterocycles. The lowest BCUT2D eigenvalue weighted by molar-refractivity contribution is 0.195. The highest BCUT2D eigenvalue weighted by molar-refractivity contribution is 5.34. The van der Waals surface area contributed by atoms with Gasteiger partial charge >= 0.3 is 0 Å². The first-order valence-corrected chi connectivity index (χ1v) is 4.00. The lowest BCUT2D eigenvalue weighted by Crippen LogP contribution is -2.04. The fourth-order valence-corrected chi connectivity index (χ4v) is 1.13. The van der Waals surface area contributed by atoms with Crippen molar-refractivity contribution in [3.8, 4) is 6.07 Å². The summed E-state index contributed by atoms with van der Waals surface area (Å²) in [5.74, 6) is -0.517. The van der Waals surface area contributed by atoms with Crippen molar-refractivity contribution in [2.75, 3.05) is 0 Å². The Hall–Kier alpha value is -1.40. The van der Waals surface area contributed by atoms with Crippen molar-refractivity contribution < 1.29 is 9.50 Å². The second-order valence-electron chi connectivity index (χ2n) is 2.98. The summed E-state index contributed by atoms with van der Waals surface area (Å²) >= 11 is 0. The van der Waals surface area contributed by atoms with Gasteiger partial charge in [-0.05, 0) is 31.0 Å². The number of rotatable bonds is 2. The molecule has 0 saturated carbocycles. The number of nitriles is 1. The average molecular weight is 179 g/mol. The fraction of sp³-hybridized carbons (Fsp3) is 0.300. The number of benzene rings is 1. The molecule has 1 rings (SSSR count). The maximum absolute atomic E-state index is 12.8. The van der Waals surface area contributed by atoms with Crippen molar-refractivity contribution in [3.63, 3.8) is 0 Å². The molecule has 2 nitrogen and oxygen atoms in total. The highest BCUT2D eigenvalue weighted by Crippen LogP contribution is 2.11. The van der Waals surface area contributed by atoms with Crippen molar-refractivity contribution >= 4 is 0 Å². The molecule has 13 heavy (non-hydrogen) atoms. The largest absolute Gasteiger partial charge is 0.393 e. The lowest BCUT2D eigenvalue weighted by atomic mass is 10.1. The number of aliphatic hydroxyl groups is 1. The molecule has 0 bridgehead atoms. The number of hydrogen-bond acceptors (Lipinski definition) is 2. The SMILES string of the molecule is C[C@@H](O)Cc1ccc(F)c(C#N)c1. The Balaban J connectivity index is 2.95. The van der Waals surface area contributed by atoms with Crippen LogP contribution in [-0.4, -0.2) is 11.2 Å². The van der Waals surface area contributed by atoms with Crippen LogP contribution in [0.1, 0.15) is 18.1 Å². The van der Waals surface area contributed by atoms with Crippen LogP contribution < -0.4 is 0 Å². The standard InChI is InChI=1S/C10H10FNO/c1-7(13)4-8-2-3-10(11)9(5-8)6-12/h2-3,5,7,13H,4H2,1H3/t7-/m1/s1. The van der Waals surface area contributed by atoms with E-state index in [1.54, 1.807) is 19.1 Å². The zero-order chi connectivity index (χ0) is 9.84. The van der Waals surface area contributed by atoms with Crippen LogP contribution in [0.15, 0.2) is 18.2 Å². The van der Waals surface area contributed by atoms with Crippen LogP contribution in [0.4, 0.5) is 4.39 Å². The highest BCUT2D eigenvalue weighted by atomic mass is 19.1. The summed E-state index contributed by atoms with van der Waals surface area (Å²) < 4.78 is 12.8. The van der Waals surface area contributed by atoms with E-state index in [9.17, 15) is 4.39 Å². The van der Waals surface area contributed by atoms with Crippen molar-refractivity contribution in [2.24, 2.45) is 0 Å². The first-order chi connectivity index (χ1) is 6.13. The third-order valence-electron chi connectivity index (χ3n) is 1.68. The number of nitrogens with zero attached hydrogens (tertiary/aromatic N) is 1. The summed E-state index contributed by atoms with van der Waals surface area (Å²) in [5, 5.41) is 17.6. The van der Waals surface area contributed by atoms with E-state index in [4.69, 9.17) is 10.4 Å². The summed E-state index contributed by atoms with van der Waals surface area (Å²) in [6, 6.07) is 6.03. The molecule has 0 radical (unpaired) electrons. The molecule has 1 N–H and O–H groups in total. The molecule has 0 aromatic heterocycles. The van der Waals surface area contributed by atoms with Gasteiger partial charge in [0.05, 0.1) is 11.7 Å². The topological polar surface area (TPSA) is 44.0 Å². The van der Waals surface area contributed by atoms with E-state index >= 15 is 0 Å². The number of hydrogen-bond donors (Lipinski definition) is 1. The molecule has 0 aliphatic rings. The predicted octanol–water partition coefficient (Wildman–Crippen LogP) is 1.62. The molecular formula is C10H10FNO. The van der Waals surface area contributed by atoms with E-state index < -0.39 is 11.9 Å². The summed E-state index contributed by atoms with van der Waals surface area (Å²) in [6.07, 6.45) is -0.0356. The van der Waals surface area contributed by atoms with E-state index in [0.717, 1.165) is 5.56 Å². The third-order valence-corrected chi connectivity index (χ3v) is 1.68. The zero-order valence-electron chi connectivity index (χ0n) is 7.29. The molecule has 0 spiro atoms. The fourth-order valence-electron chi connectivity index (χ4n) is 1.13. The Morgan fingerprint density at radius 1 is 1.62 bits per heavy atom. The van der Waals surface area contributed by atoms with Gasteiger partial charge in [0.2, 0.25) is 0 Å². The molecular weight excluding hydrogens is 169 g/mol. The van der Waals surface area contributed by atoms with Crippen molar-refractivity contribution in [2.45, 2.75) is 19.4 Å². The summed E-state index contributed by atoms with van der Waals surface area (Å²) in [4.78, 5) is 0. The van der Waals surface area contributed by atoms with Crippen LogP contribution in [0.25, 0.3) is 0 Å². The van der Waals surface area contributed by atoms with E-state index in [2.05, 4.69) is 0 Å². The van der Waals surface area contributed by atoms with E-state index in [1.165, 1.54) is 12.1 Å². The third kappa shape index (κ3) is 2.53. The van der Waals surface area contributed by atoms with Crippen LogP contribution in [0, 0.1) is 17.1 Å². The summed E-state index contributed by atoms with van der Waals surface area (Å²) in [5.41, 5.74) is 0.797. The van der Waals surface area contributed by atoms with Crippen LogP contribution in [0.3, 0.4) is 0 Å². The van der Waals surface area contributed by atoms with Gasteiger partial charge in [-0.25, -0.2) is 4.39 Å². The van der Waals surface area contributed by atoms with Gasteiger partial charge in [-0.15, -0.1) is 0 Å². The van der Waals surface area contributed by atoms with Crippen LogP contribution >= 0.6 is 0 Å². The molecule has 0 fully saturated rings. The van der Waals surface area contributed by atoms with Crippen LogP contribution in [0.2, 0.25) is 0 Å². The van der Waals surface area contributed by atoms with E-state index in [1.807, 2.05) is 0 Å². The number of aliphatic hydroxyl groups excluding tert-OH is 1. The van der Waals surface area contributed by atoms with Gasteiger partial charge in [-0.1, -0.05) is 6.07 Å². The highest BCUT2D eigenvalue weighted by Gasteiger charge is 2.04. The zero-order valence-corrected chi connectivity index (χ0v) is 7.29. The maximum Gasteiger partial charge on any atom is 0.140 e. The quantitative estimate of drug-likeness (QED) is 0.749. The Morgan fingerprint density at radius 3 is 2.85 bits per heavy atom.